The van der Waals surface area contributed by atoms with Crippen LogP contribution in [0.15, 0.2) is 48.8 Å². The first-order valence-electron chi connectivity index (χ1n) is 10.1. The van der Waals surface area contributed by atoms with Gasteiger partial charge in [-0.1, -0.05) is 12.1 Å². The molecule has 0 bridgehead atoms. The number of nitrogens with one attached hydrogen (secondary N) is 2. The number of para-hydroxylation sites is 1. The molecule has 4 rings (SSSR count). The first-order chi connectivity index (χ1) is 15.2. The lowest BCUT2D eigenvalue weighted by Crippen LogP contribution is -2.29. The van der Waals surface area contributed by atoms with E-state index in [-0.39, 0.29) is 17.3 Å². The van der Waals surface area contributed by atoms with E-state index in [0.29, 0.717) is 17.3 Å². The lowest BCUT2D eigenvalue weighted by atomic mass is 10.1. The van der Waals surface area contributed by atoms with Crippen LogP contribution in [0.1, 0.15) is 29.6 Å². The van der Waals surface area contributed by atoms with Gasteiger partial charge in [-0.05, 0) is 43.5 Å². The van der Waals surface area contributed by atoms with Crippen molar-refractivity contribution in [2.24, 2.45) is 0 Å². The zero-order valence-corrected chi connectivity index (χ0v) is 17.2. The molecule has 31 heavy (non-hydrogen) atoms. The van der Waals surface area contributed by atoms with Crippen molar-refractivity contribution in [3.05, 3.63) is 54.4 Å². The third-order valence-electron chi connectivity index (χ3n) is 5.07. The molecule has 0 aliphatic carbocycles. The standard InChI is InChI=1S/C22H24N6O3/c1-31-19-16(8-7-9-17(19)28-12-5-2-6-13-28)25-20-15(21(29)30)14-24-22(27-20)26-18-10-3-4-11-23-18/h3-4,7-11,14H,2,5-6,12-13H2,1H3,(H,29,30)(H2,23,24,25,26,27). The van der Waals surface area contributed by atoms with Gasteiger partial charge in [-0.3, -0.25) is 0 Å². The monoisotopic (exact) mass is 420 g/mol. The lowest BCUT2D eigenvalue weighted by Gasteiger charge is -2.30. The highest BCUT2D eigenvalue weighted by atomic mass is 16.5. The van der Waals surface area contributed by atoms with Gasteiger partial charge in [0.05, 0.1) is 18.5 Å². The third kappa shape index (κ3) is 4.66. The van der Waals surface area contributed by atoms with E-state index in [1.54, 1.807) is 25.4 Å². The number of carbonyl (C=O) groups is 1. The number of hydrogen-bond donors (Lipinski definition) is 3. The molecule has 3 aromatic rings. The maximum Gasteiger partial charge on any atom is 0.341 e. The molecule has 1 aromatic carbocycles. The summed E-state index contributed by atoms with van der Waals surface area (Å²) >= 11 is 0. The summed E-state index contributed by atoms with van der Waals surface area (Å²) in [4.78, 5) is 26.7. The molecule has 9 heteroatoms. The predicted octanol–water partition coefficient (Wildman–Crippen LogP) is 4.06. The van der Waals surface area contributed by atoms with Crippen molar-refractivity contribution in [2.45, 2.75) is 19.3 Å². The number of hydrogen-bond acceptors (Lipinski definition) is 8. The summed E-state index contributed by atoms with van der Waals surface area (Å²) in [5.41, 5.74) is 1.57. The van der Waals surface area contributed by atoms with E-state index in [9.17, 15) is 9.90 Å². The number of ether oxygens (including phenoxy) is 1. The average Bonchev–Trinajstić information content (AvgIpc) is 2.80. The van der Waals surface area contributed by atoms with E-state index in [1.807, 2.05) is 24.3 Å². The number of carboxylic acid groups (broad SMARTS) is 1. The zero-order valence-electron chi connectivity index (χ0n) is 17.2. The highest BCUT2D eigenvalue weighted by molar-refractivity contribution is 5.94. The topological polar surface area (TPSA) is 112 Å². The second-order valence-electron chi connectivity index (χ2n) is 7.13. The number of aromatic carboxylic acids is 1. The smallest absolute Gasteiger partial charge is 0.341 e. The van der Waals surface area contributed by atoms with Gasteiger partial charge in [-0.25, -0.2) is 14.8 Å². The molecule has 2 aromatic heterocycles. The Morgan fingerprint density at radius 2 is 1.90 bits per heavy atom. The first kappa shape index (κ1) is 20.4. The molecule has 0 spiro atoms. The summed E-state index contributed by atoms with van der Waals surface area (Å²) in [5, 5.41) is 15.7. The Morgan fingerprint density at radius 3 is 2.61 bits per heavy atom. The zero-order chi connectivity index (χ0) is 21.6. The Labute approximate surface area is 180 Å². The van der Waals surface area contributed by atoms with E-state index in [0.717, 1.165) is 31.6 Å². The van der Waals surface area contributed by atoms with Gasteiger partial charge in [-0.15, -0.1) is 0 Å². The average molecular weight is 420 g/mol. The van der Waals surface area contributed by atoms with Crippen LogP contribution in [0.25, 0.3) is 0 Å². The van der Waals surface area contributed by atoms with Gasteiger partial charge < -0.3 is 25.4 Å². The molecule has 1 fully saturated rings. The van der Waals surface area contributed by atoms with Gasteiger partial charge in [0.2, 0.25) is 5.95 Å². The highest BCUT2D eigenvalue weighted by Crippen LogP contribution is 2.38. The van der Waals surface area contributed by atoms with Crippen molar-refractivity contribution in [3.63, 3.8) is 0 Å². The number of aromatic nitrogens is 3. The summed E-state index contributed by atoms with van der Waals surface area (Å²) in [7, 11) is 1.61. The van der Waals surface area contributed by atoms with Gasteiger partial charge in [0, 0.05) is 25.5 Å². The maximum atomic E-state index is 11.8. The van der Waals surface area contributed by atoms with E-state index in [1.165, 1.54) is 12.6 Å². The van der Waals surface area contributed by atoms with Crippen LogP contribution in [0.4, 0.5) is 29.0 Å². The van der Waals surface area contributed by atoms with Crippen molar-refractivity contribution < 1.29 is 14.6 Å². The number of pyridine rings is 1. The van der Waals surface area contributed by atoms with E-state index >= 15 is 0 Å². The highest BCUT2D eigenvalue weighted by Gasteiger charge is 2.20. The molecule has 1 aliphatic rings. The van der Waals surface area contributed by atoms with Crippen molar-refractivity contribution in [3.8, 4) is 5.75 Å². The summed E-state index contributed by atoms with van der Waals surface area (Å²) in [6, 6.07) is 11.2. The summed E-state index contributed by atoms with van der Waals surface area (Å²) in [6.45, 7) is 1.93. The van der Waals surface area contributed by atoms with Gasteiger partial charge in [0.1, 0.15) is 11.4 Å². The number of nitrogens with zero attached hydrogens (tertiary/aromatic N) is 4. The molecule has 0 saturated carbocycles. The molecular formula is C22H24N6O3. The minimum atomic E-state index is -1.13. The van der Waals surface area contributed by atoms with Crippen molar-refractivity contribution in [1.29, 1.82) is 0 Å². The molecule has 0 amide bonds. The molecule has 3 heterocycles. The lowest BCUT2D eigenvalue weighted by molar-refractivity contribution is 0.0697. The molecule has 9 nitrogen and oxygen atoms in total. The van der Waals surface area contributed by atoms with E-state index in [4.69, 9.17) is 4.74 Å². The molecular weight excluding hydrogens is 396 g/mol. The van der Waals surface area contributed by atoms with E-state index in [2.05, 4.69) is 30.5 Å². The van der Waals surface area contributed by atoms with Crippen LogP contribution < -0.4 is 20.3 Å². The van der Waals surface area contributed by atoms with Crippen LogP contribution in [0.3, 0.4) is 0 Å². The van der Waals surface area contributed by atoms with Crippen LogP contribution in [0, 0.1) is 0 Å². The molecule has 0 unspecified atom stereocenters. The largest absolute Gasteiger partial charge is 0.492 e. The van der Waals surface area contributed by atoms with Crippen LogP contribution >= 0.6 is 0 Å². The number of carboxylic acids is 1. The normalized spacial score (nSPS) is 13.5. The first-order valence-corrected chi connectivity index (χ1v) is 10.1. The SMILES string of the molecule is COc1c(Nc2nc(Nc3ccccn3)ncc2C(=O)O)cccc1N1CCCCC1. The Morgan fingerprint density at radius 1 is 1.06 bits per heavy atom. The van der Waals surface area contributed by atoms with Gasteiger partial charge in [0.25, 0.3) is 0 Å². The number of benzene rings is 1. The number of anilines is 5. The van der Waals surface area contributed by atoms with E-state index < -0.39 is 5.97 Å². The second-order valence-corrected chi connectivity index (χ2v) is 7.13. The van der Waals surface area contributed by atoms with Crippen molar-refractivity contribution in [2.75, 3.05) is 35.7 Å². The van der Waals surface area contributed by atoms with Gasteiger partial charge in [-0.2, -0.15) is 4.98 Å². The Balaban J connectivity index is 1.67. The van der Waals surface area contributed by atoms with Crippen LogP contribution in [-0.4, -0.2) is 46.2 Å². The fraction of sp³-hybridized carbons (Fsp3) is 0.273. The predicted molar refractivity (Wildman–Crippen MR) is 119 cm³/mol. The fourth-order valence-corrected chi connectivity index (χ4v) is 3.59. The molecule has 0 radical (unpaired) electrons. The molecule has 1 aliphatic heterocycles. The van der Waals surface area contributed by atoms with Crippen LogP contribution in [0.5, 0.6) is 5.75 Å². The molecule has 0 atom stereocenters. The summed E-state index contributed by atoms with van der Waals surface area (Å²) in [5.74, 6) is 0.477. The number of piperidine rings is 1. The van der Waals surface area contributed by atoms with Gasteiger partial charge in [0.15, 0.2) is 11.6 Å². The van der Waals surface area contributed by atoms with Crippen molar-refractivity contribution in [1.82, 2.24) is 15.0 Å². The summed E-state index contributed by atoms with van der Waals surface area (Å²) in [6.07, 6.45) is 6.41. The molecule has 160 valence electrons. The minimum Gasteiger partial charge on any atom is -0.492 e. The maximum absolute atomic E-state index is 11.8. The second kappa shape index (κ2) is 9.29. The van der Waals surface area contributed by atoms with Gasteiger partial charge >= 0.3 is 5.97 Å². The third-order valence-corrected chi connectivity index (χ3v) is 5.07. The summed E-state index contributed by atoms with van der Waals surface area (Å²) < 4.78 is 5.71. The molecule has 3 N–H and O–H groups in total. The molecule has 1 saturated heterocycles. The van der Waals surface area contributed by atoms with Crippen LogP contribution in [0.2, 0.25) is 0 Å². The number of methoxy groups -OCH3 is 1. The number of rotatable bonds is 7. The Hall–Kier alpha value is -3.88. The fourth-order valence-electron chi connectivity index (χ4n) is 3.59. The van der Waals surface area contributed by atoms with Crippen LogP contribution in [-0.2, 0) is 0 Å². The quantitative estimate of drug-likeness (QED) is 0.521. The van der Waals surface area contributed by atoms with Crippen molar-refractivity contribution >= 4 is 34.9 Å². The Bertz CT molecular complexity index is 1050. The Kier molecular flexibility index (Phi) is 6.11. The minimum absolute atomic E-state index is 0.0444.